The summed E-state index contributed by atoms with van der Waals surface area (Å²) in [4.78, 5) is 33.8. The largest absolute Gasteiger partial charge is 0.738 e. The average molecular weight is 286 g/mol. The minimum Gasteiger partial charge on any atom is -0.452 e. The fraction of sp³-hybridized carbons (Fsp3) is 0.583. The number of carbonyl (C=O) groups is 3. The highest BCUT2D eigenvalue weighted by Gasteiger charge is 2.56. The standard InChI is InChI=1S/C12H18O6Si/c1-9(13)16-19(17-10(2)14,18-11(3)15)12-7-5-4-6-8-12/h7H,4-6,8H2,1-3H3. The molecular weight excluding hydrogens is 268 g/mol. The van der Waals surface area contributed by atoms with E-state index in [2.05, 4.69) is 0 Å². The minimum absolute atomic E-state index is 0.597. The van der Waals surface area contributed by atoms with Crippen molar-refractivity contribution >= 4 is 26.7 Å². The van der Waals surface area contributed by atoms with E-state index in [4.69, 9.17) is 13.3 Å². The summed E-state index contributed by atoms with van der Waals surface area (Å²) in [5, 5.41) is 0.624. The van der Waals surface area contributed by atoms with Crippen LogP contribution < -0.4 is 0 Å². The summed E-state index contributed by atoms with van der Waals surface area (Å²) in [6.45, 7) is 3.58. The molecule has 1 aliphatic carbocycles. The van der Waals surface area contributed by atoms with E-state index in [0.29, 0.717) is 11.6 Å². The molecule has 0 aromatic rings. The molecule has 6 nitrogen and oxygen atoms in total. The van der Waals surface area contributed by atoms with Crippen LogP contribution in [0.2, 0.25) is 0 Å². The van der Waals surface area contributed by atoms with Gasteiger partial charge in [-0.1, -0.05) is 6.08 Å². The highest BCUT2D eigenvalue weighted by Crippen LogP contribution is 2.29. The van der Waals surface area contributed by atoms with Gasteiger partial charge in [-0.3, -0.25) is 14.4 Å². The van der Waals surface area contributed by atoms with Crippen LogP contribution in [-0.2, 0) is 27.7 Å². The van der Waals surface area contributed by atoms with Crippen LogP contribution >= 0.6 is 0 Å². The highest BCUT2D eigenvalue weighted by atomic mass is 28.4. The molecule has 106 valence electrons. The summed E-state index contributed by atoms with van der Waals surface area (Å²) in [5.41, 5.74) is 0. The molecule has 1 rings (SSSR count). The van der Waals surface area contributed by atoms with Crippen LogP contribution in [0.3, 0.4) is 0 Å². The van der Waals surface area contributed by atoms with Crippen molar-refractivity contribution in [3.05, 3.63) is 11.3 Å². The quantitative estimate of drug-likeness (QED) is 0.731. The molecule has 0 fully saturated rings. The Morgan fingerprint density at radius 1 is 0.947 bits per heavy atom. The summed E-state index contributed by atoms with van der Waals surface area (Å²) in [6.07, 6.45) is 5.11. The molecule has 0 amide bonds. The van der Waals surface area contributed by atoms with Gasteiger partial charge in [-0.25, -0.2) is 0 Å². The topological polar surface area (TPSA) is 78.9 Å². The molecule has 0 heterocycles. The molecule has 0 radical (unpaired) electrons. The van der Waals surface area contributed by atoms with E-state index >= 15 is 0 Å². The molecule has 19 heavy (non-hydrogen) atoms. The van der Waals surface area contributed by atoms with Crippen LogP contribution in [0.15, 0.2) is 11.3 Å². The lowest BCUT2D eigenvalue weighted by Crippen LogP contribution is -2.51. The third-order valence-corrected chi connectivity index (χ3v) is 5.43. The van der Waals surface area contributed by atoms with E-state index in [0.717, 1.165) is 19.3 Å². The van der Waals surface area contributed by atoms with Gasteiger partial charge in [0.05, 0.1) is 0 Å². The zero-order valence-electron chi connectivity index (χ0n) is 11.4. The van der Waals surface area contributed by atoms with Crippen molar-refractivity contribution in [2.75, 3.05) is 0 Å². The van der Waals surface area contributed by atoms with E-state index in [-0.39, 0.29) is 0 Å². The number of hydrogen-bond acceptors (Lipinski definition) is 6. The predicted molar refractivity (Wildman–Crippen MR) is 67.6 cm³/mol. The lowest BCUT2D eigenvalue weighted by molar-refractivity contribution is -0.147. The molecule has 0 saturated heterocycles. The smallest absolute Gasteiger partial charge is 0.452 e. The third kappa shape index (κ3) is 4.51. The van der Waals surface area contributed by atoms with Crippen LogP contribution in [0.1, 0.15) is 46.5 Å². The zero-order chi connectivity index (χ0) is 14.5. The van der Waals surface area contributed by atoms with Gasteiger partial charge in [0.15, 0.2) is 0 Å². The second-order valence-corrected chi connectivity index (χ2v) is 6.68. The molecule has 0 aromatic carbocycles. The van der Waals surface area contributed by atoms with Crippen LogP contribution in [0.4, 0.5) is 0 Å². The van der Waals surface area contributed by atoms with Gasteiger partial charge in [-0.15, -0.1) is 0 Å². The normalized spacial score (nSPS) is 15.2. The second kappa shape index (κ2) is 6.51. The number of allylic oxidation sites excluding steroid dienone is 2. The first kappa shape index (κ1) is 15.4. The first-order chi connectivity index (χ1) is 8.85. The van der Waals surface area contributed by atoms with Crippen molar-refractivity contribution in [1.29, 1.82) is 0 Å². The maximum absolute atomic E-state index is 11.3. The molecule has 0 atom stereocenters. The summed E-state index contributed by atoms with van der Waals surface area (Å²) in [5.74, 6) is -1.91. The van der Waals surface area contributed by atoms with Gasteiger partial charge < -0.3 is 13.3 Å². The van der Waals surface area contributed by atoms with E-state index in [1.807, 2.05) is 6.08 Å². The van der Waals surface area contributed by atoms with Crippen LogP contribution in [-0.4, -0.2) is 26.7 Å². The van der Waals surface area contributed by atoms with Gasteiger partial charge in [0, 0.05) is 26.0 Å². The summed E-state index contributed by atoms with van der Waals surface area (Å²) in [6, 6.07) is 0. The van der Waals surface area contributed by atoms with Crippen LogP contribution in [0.25, 0.3) is 0 Å². The van der Waals surface area contributed by atoms with Crippen molar-refractivity contribution in [3.63, 3.8) is 0 Å². The number of rotatable bonds is 4. The van der Waals surface area contributed by atoms with Crippen molar-refractivity contribution in [2.24, 2.45) is 0 Å². The summed E-state index contributed by atoms with van der Waals surface area (Å²) >= 11 is 0. The van der Waals surface area contributed by atoms with Crippen molar-refractivity contribution < 1.29 is 27.7 Å². The van der Waals surface area contributed by atoms with Gasteiger partial charge in [0.25, 0.3) is 17.9 Å². The molecule has 0 spiro atoms. The first-order valence-electron chi connectivity index (χ1n) is 6.14. The Bertz CT molecular complexity index is 374. The highest BCUT2D eigenvalue weighted by molar-refractivity contribution is 6.73. The van der Waals surface area contributed by atoms with Crippen LogP contribution in [0, 0.1) is 0 Å². The minimum atomic E-state index is -3.77. The predicted octanol–water partition coefficient (Wildman–Crippen LogP) is 1.65. The molecule has 0 saturated carbocycles. The number of carbonyl (C=O) groups excluding carboxylic acids is 3. The molecule has 0 aliphatic heterocycles. The molecule has 1 aliphatic rings. The molecule has 0 aromatic heterocycles. The van der Waals surface area contributed by atoms with Crippen molar-refractivity contribution in [1.82, 2.24) is 0 Å². The lowest BCUT2D eigenvalue weighted by atomic mass is 10.1. The Hall–Kier alpha value is -1.63. The Balaban J connectivity index is 3.14. The molecule has 0 N–H and O–H groups in total. The maximum Gasteiger partial charge on any atom is 0.738 e. The van der Waals surface area contributed by atoms with E-state index in [1.165, 1.54) is 20.8 Å². The van der Waals surface area contributed by atoms with E-state index < -0.39 is 26.7 Å². The molecule has 0 unspecified atom stereocenters. The number of hydrogen-bond donors (Lipinski definition) is 0. The Labute approximate surface area is 113 Å². The summed E-state index contributed by atoms with van der Waals surface area (Å²) in [7, 11) is -3.77. The average Bonchev–Trinajstić information content (AvgIpc) is 2.27. The van der Waals surface area contributed by atoms with E-state index in [9.17, 15) is 14.4 Å². The SMILES string of the molecule is CC(=O)O[Si](OC(C)=O)(OC(C)=O)C1=CCCCC1. The molecular formula is C12H18O6Si. The Morgan fingerprint density at radius 3 is 1.74 bits per heavy atom. The van der Waals surface area contributed by atoms with Gasteiger partial charge in [0.2, 0.25) is 0 Å². The first-order valence-corrected chi connectivity index (χ1v) is 7.86. The second-order valence-electron chi connectivity index (χ2n) is 4.31. The Kier molecular flexibility index (Phi) is 5.28. The van der Waals surface area contributed by atoms with Gasteiger partial charge >= 0.3 is 8.80 Å². The van der Waals surface area contributed by atoms with Gasteiger partial charge in [-0.2, -0.15) is 0 Å². The lowest BCUT2D eigenvalue weighted by Gasteiger charge is -2.29. The van der Waals surface area contributed by atoms with Gasteiger partial charge in [-0.05, 0) is 25.7 Å². The molecule has 7 heteroatoms. The van der Waals surface area contributed by atoms with Crippen molar-refractivity contribution in [2.45, 2.75) is 46.5 Å². The van der Waals surface area contributed by atoms with Crippen LogP contribution in [0.5, 0.6) is 0 Å². The maximum atomic E-state index is 11.3. The van der Waals surface area contributed by atoms with Gasteiger partial charge in [0.1, 0.15) is 0 Å². The fourth-order valence-electron chi connectivity index (χ4n) is 1.94. The zero-order valence-corrected chi connectivity index (χ0v) is 12.4. The van der Waals surface area contributed by atoms with E-state index in [1.54, 1.807) is 0 Å². The molecule has 0 bridgehead atoms. The third-order valence-electron chi connectivity index (χ3n) is 2.52. The fourth-order valence-corrected chi connectivity index (χ4v) is 4.47. The van der Waals surface area contributed by atoms with Crippen molar-refractivity contribution in [3.8, 4) is 0 Å². The Morgan fingerprint density at radius 2 is 1.42 bits per heavy atom. The summed E-state index contributed by atoms with van der Waals surface area (Å²) < 4.78 is 15.4. The monoisotopic (exact) mass is 286 g/mol.